The van der Waals surface area contributed by atoms with Gasteiger partial charge in [-0.3, -0.25) is 9.32 Å². The normalized spacial score (nSPS) is 15.5. The van der Waals surface area contributed by atoms with Gasteiger partial charge in [-0.2, -0.15) is 5.09 Å². The highest BCUT2D eigenvalue weighted by atomic mass is 31.2. The number of nitrogens with one attached hydrogen (secondary N) is 1. The van der Waals surface area contributed by atoms with Gasteiger partial charge in [0.25, 0.3) is 0 Å². The average molecular weight is 587 g/mol. The lowest BCUT2D eigenvalue weighted by molar-refractivity contribution is -0.150. The number of pyridine rings is 2. The van der Waals surface area contributed by atoms with Crippen LogP contribution in [0.1, 0.15) is 40.4 Å². The van der Waals surface area contributed by atoms with Crippen molar-refractivity contribution >= 4 is 41.5 Å². The molecule has 4 N–H and O–H groups in total. The third-order valence-corrected chi connectivity index (χ3v) is 7.57. The zero-order valence-electron chi connectivity index (χ0n) is 23.6. The standard InChI is InChI=1S/C27H35N6O7P/c1-6-37-15-21-31-23-24(19-11-7-8-12-20(19)30-25(23)28)33(21)16-27(5,35)40-41(36,39-22-13-9-10-14-29-22)32-18(4)26(34)38-17(2)3/h7-14,17-18,35H,6,15-16H2,1-5H3,(H2,28,30)(H,32,36)/t18-,27?,41?/m0/s1. The van der Waals surface area contributed by atoms with Gasteiger partial charge in [-0.15, -0.1) is 0 Å². The molecule has 0 saturated carbocycles. The molecule has 4 aromatic rings. The van der Waals surface area contributed by atoms with Crippen molar-refractivity contribution in [1.82, 2.24) is 24.6 Å². The number of hydrogen-bond acceptors (Lipinski definition) is 11. The van der Waals surface area contributed by atoms with Crippen LogP contribution in [0.4, 0.5) is 5.82 Å². The topological polar surface area (TPSA) is 173 Å². The minimum Gasteiger partial charge on any atom is -0.462 e. The average Bonchev–Trinajstić information content (AvgIpc) is 3.25. The number of aliphatic hydroxyl groups is 1. The molecule has 0 aliphatic heterocycles. The number of esters is 1. The molecule has 3 aromatic heterocycles. The molecule has 3 atom stereocenters. The highest BCUT2D eigenvalue weighted by molar-refractivity contribution is 7.52. The van der Waals surface area contributed by atoms with E-state index in [-0.39, 0.29) is 24.8 Å². The Morgan fingerprint density at radius 1 is 1.17 bits per heavy atom. The summed E-state index contributed by atoms with van der Waals surface area (Å²) in [5.74, 6) is -2.20. The number of imidazole rings is 1. The fourth-order valence-corrected chi connectivity index (χ4v) is 5.83. The Morgan fingerprint density at radius 3 is 2.59 bits per heavy atom. The Bertz CT molecular complexity index is 1560. The third kappa shape index (κ3) is 7.38. The molecule has 3 heterocycles. The number of nitrogen functional groups attached to an aromatic ring is 1. The van der Waals surface area contributed by atoms with Crippen LogP contribution in [0.15, 0.2) is 48.7 Å². The van der Waals surface area contributed by atoms with E-state index in [4.69, 9.17) is 24.3 Å². The van der Waals surface area contributed by atoms with Crippen LogP contribution in [0.25, 0.3) is 21.9 Å². The molecule has 14 heteroatoms. The Labute approximate surface area is 237 Å². The smallest absolute Gasteiger partial charge is 0.462 e. The summed E-state index contributed by atoms with van der Waals surface area (Å²) in [6, 6.07) is 11.0. The van der Waals surface area contributed by atoms with Crippen LogP contribution in [-0.2, 0) is 36.5 Å². The first kappa shape index (κ1) is 30.4. The predicted molar refractivity (Wildman–Crippen MR) is 153 cm³/mol. The number of aromatic nitrogens is 4. The maximum Gasteiger partial charge on any atom is 0.463 e. The quantitative estimate of drug-likeness (QED) is 0.117. The second kappa shape index (κ2) is 12.5. The summed E-state index contributed by atoms with van der Waals surface area (Å²) in [7, 11) is -4.45. The maximum absolute atomic E-state index is 14.1. The lowest BCUT2D eigenvalue weighted by atomic mass is 10.2. The molecule has 41 heavy (non-hydrogen) atoms. The molecule has 0 bridgehead atoms. The number of nitrogens with zero attached hydrogens (tertiary/aromatic N) is 4. The van der Waals surface area contributed by atoms with Gasteiger partial charge in [0.05, 0.1) is 23.7 Å². The largest absolute Gasteiger partial charge is 0.463 e. The van der Waals surface area contributed by atoms with Crippen LogP contribution in [0, 0.1) is 0 Å². The van der Waals surface area contributed by atoms with Crippen molar-refractivity contribution in [2.75, 3.05) is 12.3 Å². The highest BCUT2D eigenvalue weighted by Gasteiger charge is 2.41. The number of fused-ring (bicyclic) bond motifs is 3. The van der Waals surface area contributed by atoms with Gasteiger partial charge in [-0.05, 0) is 46.8 Å². The minimum atomic E-state index is -4.45. The summed E-state index contributed by atoms with van der Waals surface area (Å²) >= 11 is 0. The number of carbonyl (C=O) groups is 1. The van der Waals surface area contributed by atoms with Crippen molar-refractivity contribution in [2.24, 2.45) is 0 Å². The number of carbonyl (C=O) groups excluding carboxylic acids is 1. The van der Waals surface area contributed by atoms with Gasteiger partial charge in [0.2, 0.25) is 5.88 Å². The van der Waals surface area contributed by atoms with E-state index in [9.17, 15) is 14.5 Å². The van der Waals surface area contributed by atoms with Crippen molar-refractivity contribution in [2.45, 2.75) is 65.7 Å². The number of nitrogens with two attached hydrogens (primary N) is 1. The van der Waals surface area contributed by atoms with Crippen LogP contribution in [-0.4, -0.2) is 55.1 Å². The number of ether oxygens (including phenoxy) is 2. The van der Waals surface area contributed by atoms with E-state index in [0.717, 1.165) is 5.39 Å². The van der Waals surface area contributed by atoms with Crippen LogP contribution >= 0.6 is 7.75 Å². The molecule has 0 spiro atoms. The predicted octanol–water partition coefficient (Wildman–Crippen LogP) is 3.94. The fourth-order valence-electron chi connectivity index (χ4n) is 4.18. The summed E-state index contributed by atoms with van der Waals surface area (Å²) in [5, 5.41) is 14.9. The Kier molecular flexibility index (Phi) is 9.25. The molecular formula is C27H35N6O7P. The summed E-state index contributed by atoms with van der Waals surface area (Å²) < 4.78 is 38.0. The third-order valence-electron chi connectivity index (χ3n) is 5.80. The van der Waals surface area contributed by atoms with E-state index >= 15 is 0 Å². The van der Waals surface area contributed by atoms with Gasteiger partial charge in [0.15, 0.2) is 11.6 Å². The maximum atomic E-state index is 14.1. The van der Waals surface area contributed by atoms with Crippen molar-refractivity contribution in [3.8, 4) is 5.88 Å². The molecule has 0 aliphatic carbocycles. The first-order valence-electron chi connectivity index (χ1n) is 13.1. The van der Waals surface area contributed by atoms with Crippen LogP contribution < -0.4 is 15.3 Å². The molecule has 0 amide bonds. The Balaban J connectivity index is 1.73. The van der Waals surface area contributed by atoms with Gasteiger partial charge < -0.3 is 29.4 Å². The van der Waals surface area contributed by atoms with Crippen LogP contribution in [0.2, 0.25) is 0 Å². The summed E-state index contributed by atoms with van der Waals surface area (Å²) in [5.41, 5.74) is 7.90. The molecule has 1 aromatic carbocycles. The first-order chi connectivity index (χ1) is 19.4. The SMILES string of the molecule is CCOCc1nc2c(N)nc3ccccc3c2n1CC(C)(O)OP(=O)(N[C@@H](C)C(=O)OC(C)C)Oc1ccccn1. The molecule has 2 unspecified atom stereocenters. The lowest BCUT2D eigenvalue weighted by Gasteiger charge is -2.31. The highest BCUT2D eigenvalue weighted by Crippen LogP contribution is 2.48. The molecular weight excluding hydrogens is 551 g/mol. The van der Waals surface area contributed by atoms with Gasteiger partial charge in [0.1, 0.15) is 24.0 Å². The molecule has 0 saturated heterocycles. The van der Waals surface area contributed by atoms with E-state index in [1.165, 1.54) is 26.1 Å². The van der Waals surface area contributed by atoms with Crippen molar-refractivity contribution < 1.29 is 33.0 Å². The summed E-state index contributed by atoms with van der Waals surface area (Å²) in [6.07, 6.45) is 1.04. The number of hydrogen-bond donors (Lipinski definition) is 3. The van der Waals surface area contributed by atoms with Gasteiger partial charge in [-0.1, -0.05) is 24.3 Å². The number of para-hydroxylation sites is 1. The Morgan fingerprint density at radius 2 is 1.90 bits per heavy atom. The van der Waals surface area contributed by atoms with E-state index in [1.54, 1.807) is 30.5 Å². The number of benzene rings is 1. The van der Waals surface area contributed by atoms with E-state index in [1.807, 2.05) is 31.2 Å². The van der Waals surface area contributed by atoms with E-state index in [0.29, 0.717) is 29.0 Å². The second-order valence-electron chi connectivity index (χ2n) is 9.82. The van der Waals surface area contributed by atoms with Crippen LogP contribution in [0.3, 0.4) is 0 Å². The zero-order chi connectivity index (χ0) is 29.8. The van der Waals surface area contributed by atoms with Gasteiger partial charge >= 0.3 is 13.7 Å². The van der Waals surface area contributed by atoms with E-state index < -0.39 is 31.6 Å². The molecule has 4 rings (SSSR count). The van der Waals surface area contributed by atoms with Crippen molar-refractivity contribution in [3.63, 3.8) is 0 Å². The molecule has 220 valence electrons. The van der Waals surface area contributed by atoms with Crippen molar-refractivity contribution in [3.05, 3.63) is 54.5 Å². The molecule has 0 radical (unpaired) electrons. The Hall–Kier alpha value is -3.61. The summed E-state index contributed by atoms with van der Waals surface area (Å²) in [6.45, 7) is 8.26. The monoisotopic (exact) mass is 586 g/mol. The van der Waals surface area contributed by atoms with Gasteiger partial charge in [-0.25, -0.2) is 19.5 Å². The first-order valence-corrected chi connectivity index (χ1v) is 14.7. The number of anilines is 1. The van der Waals surface area contributed by atoms with Crippen LogP contribution in [0.5, 0.6) is 5.88 Å². The minimum absolute atomic E-state index is 0.0430. The van der Waals surface area contributed by atoms with E-state index in [2.05, 4.69) is 20.0 Å². The number of rotatable bonds is 13. The second-order valence-corrected chi connectivity index (χ2v) is 11.4. The molecule has 13 nitrogen and oxygen atoms in total. The fraction of sp³-hybridized carbons (Fsp3) is 0.407. The van der Waals surface area contributed by atoms with Crippen molar-refractivity contribution in [1.29, 1.82) is 0 Å². The van der Waals surface area contributed by atoms with Gasteiger partial charge in [0, 0.05) is 24.3 Å². The lowest BCUT2D eigenvalue weighted by Crippen LogP contribution is -2.41. The summed E-state index contributed by atoms with van der Waals surface area (Å²) in [4.78, 5) is 25.6. The zero-order valence-corrected chi connectivity index (χ0v) is 24.5. The molecule has 0 fully saturated rings. The molecule has 0 aliphatic rings.